The summed E-state index contributed by atoms with van der Waals surface area (Å²) in [4.78, 5) is 2.16. The zero-order chi connectivity index (χ0) is 14.2. The molecule has 3 rings (SSSR count). The summed E-state index contributed by atoms with van der Waals surface area (Å²) >= 11 is 0. The average Bonchev–Trinajstić information content (AvgIpc) is 2.35. The fraction of sp³-hybridized carbons (Fsp3) is 0.692. The lowest BCUT2D eigenvalue weighted by Gasteiger charge is -2.40. The number of nitrogens with zero attached hydrogens (tertiary/aromatic N) is 3. The van der Waals surface area contributed by atoms with Crippen molar-refractivity contribution >= 4 is 15.8 Å². The molecule has 0 unspecified atom stereocenters. The van der Waals surface area contributed by atoms with Gasteiger partial charge in [-0.15, -0.1) is 5.10 Å². The third kappa shape index (κ3) is 3.09. The van der Waals surface area contributed by atoms with Crippen LogP contribution in [0.5, 0.6) is 0 Å². The molecule has 1 aromatic rings. The van der Waals surface area contributed by atoms with Crippen LogP contribution >= 0.6 is 0 Å². The van der Waals surface area contributed by atoms with Gasteiger partial charge in [0.2, 0.25) is 10.0 Å². The van der Waals surface area contributed by atoms with E-state index >= 15 is 0 Å². The predicted octanol–water partition coefficient (Wildman–Crippen LogP) is 0.341. The minimum atomic E-state index is -3.09. The van der Waals surface area contributed by atoms with E-state index in [2.05, 4.69) is 25.9 Å². The monoisotopic (exact) mass is 296 g/mol. The Labute approximate surface area is 119 Å². The maximum absolute atomic E-state index is 11.0. The maximum atomic E-state index is 11.0. The maximum Gasteiger partial charge on any atom is 0.208 e. The molecule has 20 heavy (non-hydrogen) atoms. The number of aromatic nitrogens is 2. The van der Waals surface area contributed by atoms with Crippen LogP contribution < -0.4 is 9.62 Å². The summed E-state index contributed by atoms with van der Waals surface area (Å²) in [6.45, 7) is 2.19. The van der Waals surface area contributed by atoms with Gasteiger partial charge in [0.25, 0.3) is 0 Å². The van der Waals surface area contributed by atoms with Crippen LogP contribution in [-0.2, 0) is 22.9 Å². The molecule has 1 aromatic heterocycles. The summed E-state index contributed by atoms with van der Waals surface area (Å²) in [6, 6.07) is 2.15. The number of aryl methyl sites for hydroxylation is 2. The third-order valence-electron chi connectivity index (χ3n) is 3.97. The van der Waals surface area contributed by atoms with Crippen LogP contribution in [0.15, 0.2) is 6.07 Å². The zero-order valence-electron chi connectivity index (χ0n) is 11.7. The Bertz CT molecular complexity index is 596. The van der Waals surface area contributed by atoms with Crippen LogP contribution in [0.4, 0.5) is 5.82 Å². The summed E-state index contributed by atoms with van der Waals surface area (Å²) in [5.41, 5.74) is 2.48. The summed E-state index contributed by atoms with van der Waals surface area (Å²) in [5.74, 6) is 1.30. The Morgan fingerprint density at radius 1 is 1.30 bits per heavy atom. The Balaban J connectivity index is 1.57. The lowest BCUT2D eigenvalue weighted by Crippen LogP contribution is -2.51. The fourth-order valence-corrected chi connectivity index (χ4v) is 3.33. The van der Waals surface area contributed by atoms with Gasteiger partial charge in [0.05, 0.1) is 11.9 Å². The van der Waals surface area contributed by atoms with E-state index in [1.807, 2.05) is 0 Å². The molecular formula is C13H20N4O2S. The molecule has 1 N–H and O–H groups in total. The molecule has 0 atom stereocenters. The lowest BCUT2D eigenvalue weighted by molar-refractivity contribution is 0.402. The highest BCUT2D eigenvalue weighted by Crippen LogP contribution is 2.26. The van der Waals surface area contributed by atoms with Gasteiger partial charge in [0.1, 0.15) is 0 Å². The highest BCUT2D eigenvalue weighted by Gasteiger charge is 2.29. The highest BCUT2D eigenvalue weighted by atomic mass is 32.2. The van der Waals surface area contributed by atoms with Gasteiger partial charge in [0, 0.05) is 25.6 Å². The van der Waals surface area contributed by atoms with E-state index in [0.717, 1.165) is 37.4 Å². The van der Waals surface area contributed by atoms with Gasteiger partial charge in [-0.3, -0.25) is 0 Å². The van der Waals surface area contributed by atoms with E-state index in [1.165, 1.54) is 24.7 Å². The molecule has 1 aliphatic heterocycles. The van der Waals surface area contributed by atoms with Gasteiger partial charge in [-0.25, -0.2) is 13.1 Å². The predicted molar refractivity (Wildman–Crippen MR) is 77.2 cm³/mol. The second-order valence-corrected chi connectivity index (χ2v) is 7.61. The molecule has 0 bridgehead atoms. The first-order valence-electron chi connectivity index (χ1n) is 7.06. The van der Waals surface area contributed by atoms with Gasteiger partial charge < -0.3 is 4.90 Å². The van der Waals surface area contributed by atoms with Crippen LogP contribution in [0.2, 0.25) is 0 Å². The second kappa shape index (κ2) is 5.29. The smallest absolute Gasteiger partial charge is 0.208 e. The SMILES string of the molecule is CS(=O)(=O)NCC1CN(c2cc3c(nn2)CCCC3)C1. The minimum absolute atomic E-state index is 0.363. The van der Waals surface area contributed by atoms with Crippen molar-refractivity contribution < 1.29 is 8.42 Å². The number of rotatable bonds is 4. The van der Waals surface area contributed by atoms with Crippen molar-refractivity contribution in [1.29, 1.82) is 0 Å². The number of hydrogen-bond donors (Lipinski definition) is 1. The number of nitrogens with one attached hydrogen (secondary N) is 1. The number of anilines is 1. The van der Waals surface area contributed by atoms with Crippen LogP contribution in [-0.4, -0.2) is 44.5 Å². The summed E-state index contributed by atoms with van der Waals surface area (Å²) in [7, 11) is -3.09. The first kappa shape index (κ1) is 13.8. The summed E-state index contributed by atoms with van der Waals surface area (Å²) < 4.78 is 24.6. The molecule has 1 saturated heterocycles. The summed E-state index contributed by atoms with van der Waals surface area (Å²) in [6.07, 6.45) is 5.79. The number of hydrogen-bond acceptors (Lipinski definition) is 5. The van der Waals surface area contributed by atoms with Gasteiger partial charge in [-0.05, 0) is 37.3 Å². The quantitative estimate of drug-likeness (QED) is 0.867. The van der Waals surface area contributed by atoms with Crippen LogP contribution in [0.25, 0.3) is 0 Å². The zero-order valence-corrected chi connectivity index (χ0v) is 12.5. The molecule has 0 spiro atoms. The largest absolute Gasteiger partial charge is 0.354 e. The van der Waals surface area contributed by atoms with Crippen LogP contribution in [0, 0.1) is 5.92 Å². The Kier molecular flexibility index (Phi) is 3.64. The normalized spacial score (nSPS) is 19.6. The van der Waals surface area contributed by atoms with E-state index in [1.54, 1.807) is 0 Å². The van der Waals surface area contributed by atoms with E-state index in [0.29, 0.717) is 12.5 Å². The minimum Gasteiger partial charge on any atom is -0.354 e. The molecular weight excluding hydrogens is 276 g/mol. The van der Waals surface area contributed by atoms with Crippen molar-refractivity contribution in [3.8, 4) is 0 Å². The van der Waals surface area contributed by atoms with Crippen LogP contribution in [0.3, 0.4) is 0 Å². The van der Waals surface area contributed by atoms with Crippen molar-refractivity contribution in [1.82, 2.24) is 14.9 Å². The molecule has 2 heterocycles. The van der Waals surface area contributed by atoms with Crippen molar-refractivity contribution in [2.75, 3.05) is 30.8 Å². The molecule has 1 aliphatic carbocycles. The molecule has 6 nitrogen and oxygen atoms in total. The van der Waals surface area contributed by atoms with Crippen molar-refractivity contribution in [3.05, 3.63) is 17.3 Å². The molecule has 0 radical (unpaired) electrons. The number of fused-ring (bicyclic) bond motifs is 1. The highest BCUT2D eigenvalue weighted by molar-refractivity contribution is 7.88. The average molecular weight is 296 g/mol. The second-order valence-electron chi connectivity index (χ2n) is 5.77. The number of sulfonamides is 1. The Morgan fingerprint density at radius 3 is 2.80 bits per heavy atom. The van der Waals surface area contributed by atoms with Gasteiger partial charge in [-0.1, -0.05) is 0 Å². The van der Waals surface area contributed by atoms with E-state index < -0.39 is 10.0 Å². The van der Waals surface area contributed by atoms with Gasteiger partial charge >= 0.3 is 0 Å². The first-order chi connectivity index (χ1) is 9.51. The first-order valence-corrected chi connectivity index (χ1v) is 8.95. The third-order valence-corrected chi connectivity index (χ3v) is 4.66. The van der Waals surface area contributed by atoms with Gasteiger partial charge in [0.15, 0.2) is 5.82 Å². The van der Waals surface area contributed by atoms with E-state index in [9.17, 15) is 8.42 Å². The molecule has 0 saturated carbocycles. The molecule has 110 valence electrons. The van der Waals surface area contributed by atoms with Gasteiger partial charge in [-0.2, -0.15) is 5.10 Å². The molecule has 2 aliphatic rings. The Morgan fingerprint density at radius 2 is 2.05 bits per heavy atom. The van der Waals surface area contributed by atoms with E-state index in [4.69, 9.17) is 0 Å². The van der Waals surface area contributed by atoms with Crippen LogP contribution in [0.1, 0.15) is 24.1 Å². The lowest BCUT2D eigenvalue weighted by atomic mass is 9.96. The molecule has 0 aromatic carbocycles. The molecule has 1 fully saturated rings. The van der Waals surface area contributed by atoms with Crippen molar-refractivity contribution in [2.24, 2.45) is 5.92 Å². The Hall–Kier alpha value is -1.21. The molecule has 0 amide bonds. The van der Waals surface area contributed by atoms with Crippen molar-refractivity contribution in [2.45, 2.75) is 25.7 Å². The standard InChI is InChI=1S/C13H20N4O2S/c1-20(18,19)14-7-10-8-17(9-10)13-6-11-4-2-3-5-12(11)15-16-13/h6,10,14H,2-5,7-9H2,1H3. The van der Waals surface area contributed by atoms with Crippen molar-refractivity contribution in [3.63, 3.8) is 0 Å². The summed E-state index contributed by atoms with van der Waals surface area (Å²) in [5, 5.41) is 8.62. The van der Waals surface area contributed by atoms with E-state index in [-0.39, 0.29) is 0 Å². The fourth-order valence-electron chi connectivity index (χ4n) is 2.79. The topological polar surface area (TPSA) is 75.2 Å². The molecule has 7 heteroatoms.